The predicted octanol–water partition coefficient (Wildman–Crippen LogP) is 4.96. The van der Waals surface area contributed by atoms with Gasteiger partial charge < -0.3 is 10.6 Å². The maximum Gasteiger partial charge on any atom is 0.171 e. The van der Waals surface area contributed by atoms with Gasteiger partial charge in [0.25, 0.3) is 0 Å². The number of hydrogen-bond donors (Lipinski definition) is 2. The first-order valence-electron chi connectivity index (χ1n) is 8.03. The number of thiocarbonyl (C=S) groups is 1. The monoisotopic (exact) mass is 332 g/mol. The van der Waals surface area contributed by atoms with E-state index in [1.165, 1.54) is 11.1 Å². The van der Waals surface area contributed by atoms with E-state index in [1.807, 2.05) is 42.5 Å². The zero-order valence-corrected chi connectivity index (χ0v) is 14.2. The summed E-state index contributed by atoms with van der Waals surface area (Å²) in [6.45, 7) is 0. The van der Waals surface area contributed by atoms with Crippen molar-refractivity contribution in [2.45, 2.75) is 12.5 Å². The highest BCUT2D eigenvalue weighted by atomic mass is 32.1. The van der Waals surface area contributed by atoms with Crippen molar-refractivity contribution in [1.29, 1.82) is 0 Å². The molecule has 0 aliphatic carbocycles. The van der Waals surface area contributed by atoms with Crippen LogP contribution in [0.2, 0.25) is 0 Å². The maximum absolute atomic E-state index is 5.51. The molecule has 0 amide bonds. The summed E-state index contributed by atoms with van der Waals surface area (Å²) in [5.41, 5.74) is 3.49. The lowest BCUT2D eigenvalue weighted by Crippen LogP contribution is -2.33. The fourth-order valence-electron chi connectivity index (χ4n) is 2.63. The molecule has 0 radical (unpaired) electrons. The molecule has 0 spiro atoms. The summed E-state index contributed by atoms with van der Waals surface area (Å²) in [7, 11) is 0. The van der Waals surface area contributed by atoms with Crippen molar-refractivity contribution in [2.24, 2.45) is 0 Å². The minimum absolute atomic E-state index is 0.123. The minimum Gasteiger partial charge on any atom is -0.355 e. The number of para-hydroxylation sites is 1. The lowest BCUT2D eigenvalue weighted by atomic mass is 9.99. The molecule has 0 aliphatic heterocycles. The molecule has 0 saturated heterocycles. The van der Waals surface area contributed by atoms with E-state index in [9.17, 15) is 0 Å². The van der Waals surface area contributed by atoms with Gasteiger partial charge in [-0.25, -0.2) is 0 Å². The molecule has 0 bridgehead atoms. The van der Waals surface area contributed by atoms with Crippen molar-refractivity contribution in [3.8, 4) is 0 Å². The van der Waals surface area contributed by atoms with Gasteiger partial charge in [-0.05, 0) is 41.9 Å². The van der Waals surface area contributed by atoms with Crippen molar-refractivity contribution in [1.82, 2.24) is 5.32 Å². The van der Waals surface area contributed by atoms with Crippen LogP contribution in [0.25, 0.3) is 0 Å². The Morgan fingerprint density at radius 1 is 0.750 bits per heavy atom. The van der Waals surface area contributed by atoms with Gasteiger partial charge in [0, 0.05) is 5.69 Å². The summed E-state index contributed by atoms with van der Waals surface area (Å²) >= 11 is 5.51. The van der Waals surface area contributed by atoms with Crippen LogP contribution in [0.5, 0.6) is 0 Å². The second kappa shape index (κ2) is 8.27. The van der Waals surface area contributed by atoms with Crippen LogP contribution < -0.4 is 10.6 Å². The maximum atomic E-state index is 5.51. The highest BCUT2D eigenvalue weighted by Crippen LogP contribution is 2.19. The Morgan fingerprint density at radius 2 is 1.29 bits per heavy atom. The standard InChI is InChI=1S/C21H20N2S/c24-21(22-19-14-8-3-9-15-19)23-20(18-12-6-2-7-13-18)16-17-10-4-1-5-11-17/h1-15,20H,16H2,(H2,22,23,24)/t20-/m1/s1. The molecular weight excluding hydrogens is 312 g/mol. The van der Waals surface area contributed by atoms with Crippen LogP contribution in [0.4, 0.5) is 5.69 Å². The third-order valence-electron chi connectivity index (χ3n) is 3.82. The van der Waals surface area contributed by atoms with Crippen molar-refractivity contribution >= 4 is 23.0 Å². The topological polar surface area (TPSA) is 24.1 Å². The van der Waals surface area contributed by atoms with E-state index in [0.717, 1.165) is 12.1 Å². The third kappa shape index (κ3) is 4.67. The van der Waals surface area contributed by atoms with E-state index in [0.29, 0.717) is 5.11 Å². The lowest BCUT2D eigenvalue weighted by molar-refractivity contribution is 0.648. The average molecular weight is 332 g/mol. The van der Waals surface area contributed by atoms with Gasteiger partial charge >= 0.3 is 0 Å². The number of anilines is 1. The summed E-state index contributed by atoms with van der Waals surface area (Å²) < 4.78 is 0. The molecule has 3 aromatic rings. The van der Waals surface area contributed by atoms with Gasteiger partial charge in [-0.3, -0.25) is 0 Å². The van der Waals surface area contributed by atoms with E-state index in [-0.39, 0.29) is 6.04 Å². The molecule has 3 rings (SSSR count). The zero-order valence-electron chi connectivity index (χ0n) is 13.4. The molecule has 3 aromatic carbocycles. The summed E-state index contributed by atoms with van der Waals surface area (Å²) in [5.74, 6) is 0. The van der Waals surface area contributed by atoms with E-state index >= 15 is 0 Å². The van der Waals surface area contributed by atoms with Crippen LogP contribution in [0.15, 0.2) is 91.0 Å². The average Bonchev–Trinajstić information content (AvgIpc) is 2.63. The predicted molar refractivity (Wildman–Crippen MR) is 105 cm³/mol. The smallest absolute Gasteiger partial charge is 0.171 e. The Morgan fingerprint density at radius 3 is 1.92 bits per heavy atom. The quantitative estimate of drug-likeness (QED) is 0.646. The molecule has 0 saturated carbocycles. The highest BCUT2D eigenvalue weighted by Gasteiger charge is 2.13. The van der Waals surface area contributed by atoms with E-state index in [2.05, 4.69) is 59.2 Å². The molecule has 2 N–H and O–H groups in total. The first-order chi connectivity index (χ1) is 11.8. The minimum atomic E-state index is 0.123. The Bertz CT molecular complexity index is 758. The summed E-state index contributed by atoms with van der Waals surface area (Å²) in [6.07, 6.45) is 0.876. The molecule has 0 aliphatic rings. The molecule has 24 heavy (non-hydrogen) atoms. The zero-order chi connectivity index (χ0) is 16.6. The van der Waals surface area contributed by atoms with Gasteiger partial charge in [0.15, 0.2) is 5.11 Å². The van der Waals surface area contributed by atoms with Crippen LogP contribution in [-0.4, -0.2) is 5.11 Å². The van der Waals surface area contributed by atoms with Crippen LogP contribution >= 0.6 is 12.2 Å². The molecule has 0 fully saturated rings. The van der Waals surface area contributed by atoms with E-state index in [1.54, 1.807) is 0 Å². The molecule has 0 heterocycles. The van der Waals surface area contributed by atoms with Crippen LogP contribution in [0, 0.1) is 0 Å². The van der Waals surface area contributed by atoms with Gasteiger partial charge in [0.1, 0.15) is 0 Å². The van der Waals surface area contributed by atoms with Crippen LogP contribution in [-0.2, 0) is 6.42 Å². The Balaban J connectivity index is 1.73. The Hall–Kier alpha value is -2.65. The van der Waals surface area contributed by atoms with Crippen molar-refractivity contribution in [3.63, 3.8) is 0 Å². The molecule has 2 nitrogen and oxygen atoms in total. The van der Waals surface area contributed by atoms with Gasteiger partial charge in [0.2, 0.25) is 0 Å². The molecule has 3 heteroatoms. The van der Waals surface area contributed by atoms with Gasteiger partial charge in [-0.2, -0.15) is 0 Å². The van der Waals surface area contributed by atoms with E-state index in [4.69, 9.17) is 12.2 Å². The largest absolute Gasteiger partial charge is 0.355 e. The third-order valence-corrected chi connectivity index (χ3v) is 4.04. The molecule has 0 unspecified atom stereocenters. The van der Waals surface area contributed by atoms with Crippen LogP contribution in [0.3, 0.4) is 0 Å². The summed E-state index contributed by atoms with van der Waals surface area (Å²) in [6, 6.07) is 31.0. The van der Waals surface area contributed by atoms with Crippen molar-refractivity contribution in [2.75, 3.05) is 5.32 Å². The first-order valence-corrected chi connectivity index (χ1v) is 8.43. The molecular formula is C21H20N2S. The number of benzene rings is 3. The fourth-order valence-corrected chi connectivity index (χ4v) is 2.89. The number of rotatable bonds is 5. The molecule has 0 aromatic heterocycles. The van der Waals surface area contributed by atoms with Gasteiger partial charge in [0.05, 0.1) is 6.04 Å². The van der Waals surface area contributed by atoms with Crippen molar-refractivity contribution < 1.29 is 0 Å². The summed E-state index contributed by atoms with van der Waals surface area (Å²) in [4.78, 5) is 0. The SMILES string of the molecule is S=C(Nc1ccccc1)N[C@H](Cc1ccccc1)c1ccccc1. The molecule has 120 valence electrons. The fraction of sp³-hybridized carbons (Fsp3) is 0.0952. The normalized spacial score (nSPS) is 11.5. The van der Waals surface area contributed by atoms with Crippen LogP contribution in [0.1, 0.15) is 17.2 Å². The second-order valence-corrected chi connectivity index (χ2v) is 6.03. The lowest BCUT2D eigenvalue weighted by Gasteiger charge is -2.21. The van der Waals surface area contributed by atoms with Gasteiger partial charge in [-0.1, -0.05) is 78.9 Å². The Kier molecular flexibility index (Phi) is 5.59. The molecule has 1 atom stereocenters. The van der Waals surface area contributed by atoms with Crippen molar-refractivity contribution in [3.05, 3.63) is 102 Å². The highest BCUT2D eigenvalue weighted by molar-refractivity contribution is 7.80. The van der Waals surface area contributed by atoms with Gasteiger partial charge in [-0.15, -0.1) is 0 Å². The number of hydrogen-bond acceptors (Lipinski definition) is 1. The second-order valence-electron chi connectivity index (χ2n) is 5.62. The summed E-state index contributed by atoms with van der Waals surface area (Å²) in [5, 5.41) is 7.33. The Labute approximate surface area is 148 Å². The van der Waals surface area contributed by atoms with E-state index < -0.39 is 0 Å². The number of nitrogens with one attached hydrogen (secondary N) is 2. The first kappa shape index (κ1) is 16.2.